The molecule has 0 aliphatic rings. The van der Waals surface area contributed by atoms with Gasteiger partial charge in [-0.1, -0.05) is 133 Å². The Bertz CT molecular complexity index is 902. The first-order chi connectivity index (χ1) is 14.8. The van der Waals surface area contributed by atoms with Crippen molar-refractivity contribution in [3.63, 3.8) is 0 Å². The predicted octanol–water partition coefficient (Wildman–Crippen LogP) is 8.17. The van der Waals surface area contributed by atoms with Crippen LogP contribution in [0.1, 0.15) is 77.0 Å². The highest BCUT2D eigenvalue weighted by molar-refractivity contribution is 5.50. The third-order valence-corrected chi connectivity index (χ3v) is 7.64. The minimum atomic E-state index is -0.316. The van der Waals surface area contributed by atoms with Gasteiger partial charge in [0.2, 0.25) is 0 Å². The van der Waals surface area contributed by atoms with Gasteiger partial charge in [-0.2, -0.15) is 0 Å². The molecule has 0 atom stereocenters. The van der Waals surface area contributed by atoms with Gasteiger partial charge in [0.1, 0.15) is 5.75 Å². The van der Waals surface area contributed by atoms with E-state index < -0.39 is 0 Å². The molecule has 164 valence electrons. The molecule has 0 unspecified atom stereocenters. The average Bonchev–Trinajstić information content (AvgIpc) is 2.78. The quantitative estimate of drug-likeness (QED) is 0.350. The Morgan fingerprint density at radius 3 is 1.52 bits per heavy atom. The molecule has 0 aliphatic carbocycles. The molecule has 1 nitrogen and oxygen atoms in total. The molecule has 0 heterocycles. The summed E-state index contributed by atoms with van der Waals surface area (Å²) in [5.41, 5.74) is 2.90. The Labute approximate surface area is 189 Å². The van der Waals surface area contributed by atoms with Crippen molar-refractivity contribution in [2.45, 2.75) is 76.5 Å². The molecule has 3 rings (SSSR count). The first-order valence-corrected chi connectivity index (χ1v) is 11.7. The van der Waals surface area contributed by atoms with E-state index in [9.17, 15) is 5.11 Å². The number of benzene rings is 3. The zero-order valence-corrected chi connectivity index (χ0v) is 19.9. The van der Waals surface area contributed by atoms with E-state index in [4.69, 9.17) is 0 Å². The van der Waals surface area contributed by atoms with Gasteiger partial charge < -0.3 is 5.11 Å². The zero-order chi connectivity index (χ0) is 22.5. The van der Waals surface area contributed by atoms with Crippen LogP contribution in [0.15, 0.2) is 84.9 Å². The molecule has 3 aromatic rings. The number of hydrogen-bond acceptors (Lipinski definition) is 1. The number of hydrogen-bond donors (Lipinski definition) is 1. The Morgan fingerprint density at radius 1 is 0.613 bits per heavy atom. The van der Waals surface area contributed by atoms with E-state index in [1.165, 1.54) is 24.0 Å². The van der Waals surface area contributed by atoms with E-state index in [-0.39, 0.29) is 16.2 Å². The van der Waals surface area contributed by atoms with Crippen molar-refractivity contribution < 1.29 is 5.11 Å². The van der Waals surface area contributed by atoms with Gasteiger partial charge in [-0.25, -0.2) is 0 Å². The van der Waals surface area contributed by atoms with Gasteiger partial charge in [0.15, 0.2) is 0 Å². The summed E-state index contributed by atoms with van der Waals surface area (Å²) in [6, 6.07) is 29.7. The van der Waals surface area contributed by atoms with Crippen LogP contribution in [0.3, 0.4) is 0 Å². The third-order valence-electron chi connectivity index (χ3n) is 7.64. The smallest absolute Gasteiger partial charge is 0.119 e. The van der Waals surface area contributed by atoms with E-state index in [1.54, 1.807) is 0 Å². The van der Waals surface area contributed by atoms with E-state index in [1.807, 2.05) is 12.1 Å². The van der Waals surface area contributed by atoms with E-state index in [0.717, 1.165) is 18.4 Å². The van der Waals surface area contributed by atoms with Crippen LogP contribution in [-0.4, -0.2) is 5.11 Å². The third kappa shape index (κ3) is 4.03. The summed E-state index contributed by atoms with van der Waals surface area (Å²) in [6.07, 6.45) is 4.49. The van der Waals surface area contributed by atoms with Crippen molar-refractivity contribution in [1.82, 2.24) is 0 Å². The predicted molar refractivity (Wildman–Crippen MR) is 133 cm³/mol. The SMILES string of the molecule is CCCCCC(c1ccccc1O)(C(C)(C)c1ccccc1)C(C)(C)c1ccccc1. The van der Waals surface area contributed by atoms with Gasteiger partial charge in [-0.05, 0) is 23.6 Å². The van der Waals surface area contributed by atoms with Crippen molar-refractivity contribution in [1.29, 1.82) is 0 Å². The first-order valence-electron chi connectivity index (χ1n) is 11.7. The van der Waals surface area contributed by atoms with Crippen molar-refractivity contribution >= 4 is 0 Å². The lowest BCUT2D eigenvalue weighted by molar-refractivity contribution is 0.120. The largest absolute Gasteiger partial charge is 0.508 e. The van der Waals surface area contributed by atoms with Crippen LogP contribution in [0.4, 0.5) is 0 Å². The second-order valence-corrected chi connectivity index (χ2v) is 9.86. The molecule has 31 heavy (non-hydrogen) atoms. The number of aromatic hydroxyl groups is 1. The Morgan fingerprint density at radius 2 is 1.06 bits per heavy atom. The maximum absolute atomic E-state index is 11.2. The molecule has 0 saturated heterocycles. The molecule has 0 radical (unpaired) electrons. The number of phenols is 1. The average molecular weight is 415 g/mol. The zero-order valence-electron chi connectivity index (χ0n) is 19.9. The molecule has 3 aromatic carbocycles. The molecule has 0 aromatic heterocycles. The summed E-state index contributed by atoms with van der Waals surface area (Å²) in [6.45, 7) is 11.7. The highest BCUT2D eigenvalue weighted by Gasteiger charge is 2.57. The normalized spacial score (nSPS) is 12.7. The van der Waals surface area contributed by atoms with Crippen molar-refractivity contribution in [2.24, 2.45) is 0 Å². The van der Waals surface area contributed by atoms with E-state index in [0.29, 0.717) is 5.75 Å². The second-order valence-electron chi connectivity index (χ2n) is 9.86. The summed E-state index contributed by atoms with van der Waals surface area (Å²) < 4.78 is 0. The van der Waals surface area contributed by atoms with Crippen molar-refractivity contribution in [3.05, 3.63) is 102 Å². The number of unbranched alkanes of at least 4 members (excludes halogenated alkanes) is 2. The highest BCUT2D eigenvalue weighted by Crippen LogP contribution is 2.59. The monoisotopic (exact) mass is 414 g/mol. The van der Waals surface area contributed by atoms with Crippen molar-refractivity contribution in [2.75, 3.05) is 0 Å². The topological polar surface area (TPSA) is 20.2 Å². The standard InChI is InChI=1S/C30H38O/c1-6-7-16-23-30(26-21-14-15-22-27(26)31,28(2,3)24-17-10-8-11-18-24)29(4,5)25-19-12-9-13-20-25/h8-15,17-22,31H,6-7,16,23H2,1-5H3. The molecule has 0 bridgehead atoms. The van der Waals surface area contributed by atoms with Gasteiger partial charge in [-0.3, -0.25) is 0 Å². The summed E-state index contributed by atoms with van der Waals surface area (Å²) in [7, 11) is 0. The number of rotatable bonds is 9. The van der Waals surface area contributed by atoms with Crippen LogP contribution in [0.5, 0.6) is 5.75 Å². The van der Waals surface area contributed by atoms with Crippen LogP contribution in [-0.2, 0) is 16.2 Å². The van der Waals surface area contributed by atoms with Gasteiger partial charge in [-0.15, -0.1) is 0 Å². The van der Waals surface area contributed by atoms with Crippen LogP contribution in [0, 0.1) is 0 Å². The Balaban J connectivity index is 2.38. The van der Waals surface area contributed by atoms with Crippen LogP contribution >= 0.6 is 0 Å². The van der Waals surface area contributed by atoms with Crippen LogP contribution in [0.25, 0.3) is 0 Å². The molecule has 1 N–H and O–H groups in total. The van der Waals surface area contributed by atoms with E-state index >= 15 is 0 Å². The Kier molecular flexibility index (Phi) is 6.94. The number of para-hydroxylation sites is 1. The number of phenolic OH excluding ortho intramolecular Hbond substituents is 1. The highest BCUT2D eigenvalue weighted by atomic mass is 16.3. The lowest BCUT2D eigenvalue weighted by Gasteiger charge is -2.57. The fraction of sp³-hybridized carbons (Fsp3) is 0.400. The van der Waals surface area contributed by atoms with Gasteiger partial charge in [0.25, 0.3) is 0 Å². The lowest BCUT2D eigenvalue weighted by atomic mass is 9.45. The van der Waals surface area contributed by atoms with Crippen molar-refractivity contribution in [3.8, 4) is 5.75 Å². The summed E-state index contributed by atoms with van der Waals surface area (Å²) >= 11 is 0. The molecule has 0 amide bonds. The fourth-order valence-corrected chi connectivity index (χ4v) is 5.89. The summed E-state index contributed by atoms with van der Waals surface area (Å²) in [5.74, 6) is 0.395. The van der Waals surface area contributed by atoms with Gasteiger partial charge >= 0.3 is 0 Å². The fourth-order valence-electron chi connectivity index (χ4n) is 5.89. The molecular formula is C30H38O. The van der Waals surface area contributed by atoms with Gasteiger partial charge in [0.05, 0.1) is 0 Å². The lowest BCUT2D eigenvalue weighted by Crippen LogP contribution is -2.57. The maximum atomic E-state index is 11.2. The molecule has 0 spiro atoms. The molecule has 0 saturated carbocycles. The Hall–Kier alpha value is -2.54. The minimum absolute atomic E-state index is 0.222. The molecular weight excluding hydrogens is 376 g/mol. The van der Waals surface area contributed by atoms with Crippen LogP contribution in [0.2, 0.25) is 0 Å². The van der Waals surface area contributed by atoms with Crippen LogP contribution < -0.4 is 0 Å². The molecule has 0 aliphatic heterocycles. The first kappa shape index (κ1) is 23.1. The maximum Gasteiger partial charge on any atom is 0.119 e. The molecule has 0 fully saturated rings. The summed E-state index contributed by atoms with van der Waals surface area (Å²) in [5, 5.41) is 11.2. The van der Waals surface area contributed by atoms with Gasteiger partial charge in [0, 0.05) is 21.8 Å². The minimum Gasteiger partial charge on any atom is -0.508 e. The second kappa shape index (κ2) is 9.30. The summed E-state index contributed by atoms with van der Waals surface area (Å²) in [4.78, 5) is 0. The van der Waals surface area contributed by atoms with E-state index in [2.05, 4.69) is 107 Å². The molecule has 1 heteroatoms.